The zero-order valence-electron chi connectivity index (χ0n) is 10.8. The lowest BCUT2D eigenvalue weighted by Crippen LogP contribution is -2.21. The van der Waals surface area contributed by atoms with Gasteiger partial charge in [-0.3, -0.25) is 4.79 Å². The second-order valence-electron chi connectivity index (χ2n) is 4.15. The molecule has 97 valence electrons. The molecular weight excluding hydrogens is 232 g/mol. The third-order valence-electron chi connectivity index (χ3n) is 2.27. The zero-order chi connectivity index (χ0) is 13.5. The minimum Gasteiger partial charge on any atom is -0.493 e. The molecule has 0 saturated carbocycles. The van der Waals surface area contributed by atoms with E-state index >= 15 is 0 Å². The van der Waals surface area contributed by atoms with Gasteiger partial charge in [0.05, 0.1) is 7.11 Å². The second kappa shape index (κ2) is 6.79. The number of ether oxygens (including phenoxy) is 2. The van der Waals surface area contributed by atoms with Crippen LogP contribution in [0.4, 0.5) is 0 Å². The highest BCUT2D eigenvalue weighted by Crippen LogP contribution is 2.25. The molecule has 0 aliphatic rings. The van der Waals surface area contributed by atoms with Crippen molar-refractivity contribution in [3.8, 4) is 11.5 Å². The molecule has 4 nitrogen and oxygen atoms in total. The fraction of sp³-hybridized carbons (Fsp3) is 0.357. The van der Waals surface area contributed by atoms with E-state index in [2.05, 4.69) is 0 Å². The molecule has 0 atom stereocenters. The lowest BCUT2D eigenvalue weighted by molar-refractivity contribution is -0.146. The highest BCUT2D eigenvalue weighted by atomic mass is 16.6. The molecule has 0 bridgehead atoms. The van der Waals surface area contributed by atoms with Crippen molar-refractivity contribution in [1.82, 2.24) is 0 Å². The summed E-state index contributed by atoms with van der Waals surface area (Å²) < 4.78 is 10.0. The molecular formula is C14H17O4. The quantitative estimate of drug-likeness (QED) is 0.441. The van der Waals surface area contributed by atoms with E-state index in [1.54, 1.807) is 30.7 Å². The molecule has 0 aliphatic heterocycles. The number of carbonyl (C=O) groups excluding carboxylic acids is 2. The molecule has 0 unspecified atom stereocenters. The fourth-order valence-electron chi connectivity index (χ4n) is 1.29. The van der Waals surface area contributed by atoms with Gasteiger partial charge in [0.2, 0.25) is 5.78 Å². The molecule has 0 fully saturated rings. The molecule has 0 amide bonds. The van der Waals surface area contributed by atoms with E-state index in [1.807, 2.05) is 13.8 Å². The minimum atomic E-state index is -0.864. The zero-order valence-corrected chi connectivity index (χ0v) is 10.8. The van der Waals surface area contributed by atoms with E-state index in [1.165, 1.54) is 7.11 Å². The van der Waals surface area contributed by atoms with E-state index in [9.17, 15) is 9.59 Å². The molecule has 1 rings (SSSR count). The molecule has 0 N–H and O–H groups in total. The van der Waals surface area contributed by atoms with Crippen LogP contribution in [0, 0.1) is 12.3 Å². The number of hydrogen-bond acceptors (Lipinski definition) is 4. The number of para-hydroxylation sites is 2. The Morgan fingerprint density at radius 1 is 1.22 bits per heavy atom. The number of methoxy groups -OCH3 is 1. The monoisotopic (exact) mass is 249 g/mol. The maximum Gasteiger partial charge on any atom is 0.380 e. The average molecular weight is 249 g/mol. The molecule has 18 heavy (non-hydrogen) atoms. The van der Waals surface area contributed by atoms with Crippen molar-refractivity contribution in [3.63, 3.8) is 0 Å². The van der Waals surface area contributed by atoms with Gasteiger partial charge in [0.25, 0.3) is 0 Å². The Bertz CT molecular complexity index is 424. The van der Waals surface area contributed by atoms with Crippen molar-refractivity contribution in [2.75, 3.05) is 7.11 Å². The van der Waals surface area contributed by atoms with Crippen LogP contribution in [-0.4, -0.2) is 18.9 Å². The Kier molecular flexibility index (Phi) is 5.36. The van der Waals surface area contributed by atoms with Crippen LogP contribution in [-0.2, 0) is 9.59 Å². The number of carbonyl (C=O) groups is 2. The maximum atomic E-state index is 11.5. The van der Waals surface area contributed by atoms with Crippen LogP contribution in [0.25, 0.3) is 0 Å². The number of Topliss-reactive ketones (excluding diaryl/α,β-unsaturated/α-hetero) is 1. The van der Waals surface area contributed by atoms with Gasteiger partial charge in [0.15, 0.2) is 11.5 Å². The van der Waals surface area contributed by atoms with Crippen LogP contribution in [0.1, 0.15) is 20.3 Å². The summed E-state index contributed by atoms with van der Waals surface area (Å²) in [5, 5.41) is 0. The highest BCUT2D eigenvalue weighted by molar-refractivity contribution is 6.34. The van der Waals surface area contributed by atoms with E-state index in [4.69, 9.17) is 9.47 Å². The van der Waals surface area contributed by atoms with Crippen molar-refractivity contribution in [2.24, 2.45) is 5.92 Å². The van der Waals surface area contributed by atoms with Gasteiger partial charge >= 0.3 is 5.97 Å². The number of benzene rings is 1. The van der Waals surface area contributed by atoms with Crippen molar-refractivity contribution in [3.05, 3.63) is 30.7 Å². The SMILES string of the molecule is COc1ccccc1OC(=O)C(=O)C[CH]C(C)C. The van der Waals surface area contributed by atoms with Gasteiger partial charge in [-0.05, 0) is 24.5 Å². The summed E-state index contributed by atoms with van der Waals surface area (Å²) in [4.78, 5) is 23.1. The summed E-state index contributed by atoms with van der Waals surface area (Å²) in [5.41, 5.74) is 0. The van der Waals surface area contributed by atoms with Gasteiger partial charge in [-0.2, -0.15) is 0 Å². The number of ketones is 1. The van der Waals surface area contributed by atoms with Gasteiger partial charge in [-0.1, -0.05) is 26.0 Å². The Hall–Kier alpha value is -1.84. The van der Waals surface area contributed by atoms with Gasteiger partial charge in [0.1, 0.15) is 0 Å². The van der Waals surface area contributed by atoms with Gasteiger partial charge < -0.3 is 9.47 Å². The average Bonchev–Trinajstić information content (AvgIpc) is 2.36. The van der Waals surface area contributed by atoms with Crippen LogP contribution >= 0.6 is 0 Å². The summed E-state index contributed by atoms with van der Waals surface area (Å²) in [5.74, 6) is -0.492. The Labute approximate surface area is 107 Å². The Balaban J connectivity index is 2.61. The summed E-state index contributed by atoms with van der Waals surface area (Å²) in [6.07, 6.45) is 1.86. The summed E-state index contributed by atoms with van der Waals surface area (Å²) >= 11 is 0. The fourth-order valence-corrected chi connectivity index (χ4v) is 1.29. The number of hydrogen-bond donors (Lipinski definition) is 0. The second-order valence-corrected chi connectivity index (χ2v) is 4.15. The third kappa shape index (κ3) is 4.20. The molecule has 1 aromatic carbocycles. The lowest BCUT2D eigenvalue weighted by atomic mass is 10.1. The standard InChI is InChI=1S/C14H17O4/c1-10(2)8-9-11(15)14(16)18-13-7-5-4-6-12(13)17-3/h4-8,10H,9H2,1-3H3. The lowest BCUT2D eigenvalue weighted by Gasteiger charge is -2.08. The van der Waals surface area contributed by atoms with Gasteiger partial charge in [-0.15, -0.1) is 0 Å². The Morgan fingerprint density at radius 2 is 1.83 bits per heavy atom. The number of rotatable bonds is 6. The largest absolute Gasteiger partial charge is 0.493 e. The van der Waals surface area contributed by atoms with Gasteiger partial charge in [-0.25, -0.2) is 4.79 Å². The number of esters is 1. The first-order chi connectivity index (χ1) is 8.54. The van der Waals surface area contributed by atoms with Crippen LogP contribution in [0.5, 0.6) is 11.5 Å². The first-order valence-electron chi connectivity index (χ1n) is 5.76. The van der Waals surface area contributed by atoms with Crippen LogP contribution in [0.15, 0.2) is 24.3 Å². The van der Waals surface area contributed by atoms with Crippen molar-refractivity contribution < 1.29 is 19.1 Å². The predicted octanol–water partition coefficient (Wildman–Crippen LogP) is 2.42. The van der Waals surface area contributed by atoms with Crippen LogP contribution in [0.2, 0.25) is 0 Å². The molecule has 0 aromatic heterocycles. The van der Waals surface area contributed by atoms with Crippen LogP contribution in [0.3, 0.4) is 0 Å². The summed E-state index contributed by atoms with van der Waals surface area (Å²) in [7, 11) is 1.47. The van der Waals surface area contributed by atoms with Crippen molar-refractivity contribution in [1.29, 1.82) is 0 Å². The molecule has 1 radical (unpaired) electrons. The topological polar surface area (TPSA) is 52.6 Å². The summed E-state index contributed by atoms with van der Waals surface area (Å²) in [6, 6.07) is 6.70. The maximum absolute atomic E-state index is 11.5. The third-order valence-corrected chi connectivity index (χ3v) is 2.27. The Morgan fingerprint density at radius 3 is 2.39 bits per heavy atom. The highest BCUT2D eigenvalue weighted by Gasteiger charge is 2.18. The van der Waals surface area contributed by atoms with Gasteiger partial charge in [0, 0.05) is 6.42 Å². The van der Waals surface area contributed by atoms with E-state index in [0.717, 1.165) is 0 Å². The minimum absolute atomic E-state index is 0.0889. The van der Waals surface area contributed by atoms with Crippen molar-refractivity contribution in [2.45, 2.75) is 20.3 Å². The van der Waals surface area contributed by atoms with E-state index in [-0.39, 0.29) is 18.1 Å². The van der Waals surface area contributed by atoms with E-state index < -0.39 is 11.8 Å². The molecule has 0 saturated heterocycles. The molecule has 1 aromatic rings. The van der Waals surface area contributed by atoms with E-state index in [0.29, 0.717) is 5.75 Å². The van der Waals surface area contributed by atoms with Crippen LogP contribution < -0.4 is 9.47 Å². The predicted molar refractivity (Wildman–Crippen MR) is 67.4 cm³/mol. The van der Waals surface area contributed by atoms with Crippen molar-refractivity contribution >= 4 is 11.8 Å². The molecule has 0 aliphatic carbocycles. The molecule has 4 heteroatoms. The molecule has 0 heterocycles. The molecule has 0 spiro atoms. The first kappa shape index (κ1) is 14.2. The normalized spacial score (nSPS) is 10.2. The smallest absolute Gasteiger partial charge is 0.380 e. The first-order valence-corrected chi connectivity index (χ1v) is 5.76. The summed E-state index contributed by atoms with van der Waals surface area (Å²) in [6.45, 7) is 3.89.